The number of amides is 2. The van der Waals surface area contributed by atoms with Gasteiger partial charge in [-0.2, -0.15) is 0 Å². The number of hydrogen-bond acceptors (Lipinski definition) is 6. The van der Waals surface area contributed by atoms with Crippen LogP contribution in [-0.2, 0) is 35.1 Å². The maximum absolute atomic E-state index is 11.3. The first-order chi connectivity index (χ1) is 12.8. The summed E-state index contributed by atoms with van der Waals surface area (Å²) in [6.45, 7) is 4.04. The van der Waals surface area contributed by atoms with Crippen LogP contribution in [0.1, 0.15) is 5.56 Å². The van der Waals surface area contributed by atoms with Gasteiger partial charge in [-0.15, -0.1) is 0 Å². The van der Waals surface area contributed by atoms with Crippen LogP contribution in [-0.4, -0.2) is 69.5 Å². The van der Waals surface area contributed by atoms with Crippen molar-refractivity contribution in [2.75, 3.05) is 52.8 Å². The Morgan fingerprint density at radius 2 is 1.15 bits per heavy atom. The Morgan fingerprint density at radius 1 is 0.654 bits per heavy atom. The zero-order valence-electron chi connectivity index (χ0n) is 14.8. The highest BCUT2D eigenvalue weighted by Crippen LogP contribution is 2.02. The Labute approximate surface area is 153 Å². The van der Waals surface area contributed by atoms with Crippen molar-refractivity contribution in [3.05, 3.63) is 48.0 Å². The standard InChI is InChI=1S/C19H25NO6/c21-18-6-7-19(22)20(18)8-9-23-10-11-24-12-13-25-14-15-26-16-17-4-2-1-3-5-17/h1-7H,8-16H2. The van der Waals surface area contributed by atoms with Crippen LogP contribution in [0.4, 0.5) is 0 Å². The number of benzene rings is 1. The van der Waals surface area contributed by atoms with Crippen LogP contribution in [0.15, 0.2) is 42.5 Å². The summed E-state index contributed by atoms with van der Waals surface area (Å²) in [6, 6.07) is 9.99. The Kier molecular flexibility index (Phi) is 9.60. The van der Waals surface area contributed by atoms with Gasteiger partial charge < -0.3 is 18.9 Å². The molecule has 7 nitrogen and oxygen atoms in total. The molecule has 1 aliphatic heterocycles. The number of hydrogen-bond donors (Lipinski definition) is 0. The van der Waals surface area contributed by atoms with Gasteiger partial charge in [-0.05, 0) is 5.56 Å². The van der Waals surface area contributed by atoms with E-state index in [2.05, 4.69) is 0 Å². The van der Waals surface area contributed by atoms with Gasteiger partial charge in [0, 0.05) is 12.2 Å². The third-order valence-corrected chi connectivity index (χ3v) is 3.59. The fourth-order valence-electron chi connectivity index (χ4n) is 2.23. The highest BCUT2D eigenvalue weighted by atomic mass is 16.6. The maximum atomic E-state index is 11.3. The lowest BCUT2D eigenvalue weighted by Crippen LogP contribution is -2.33. The lowest BCUT2D eigenvalue weighted by atomic mass is 10.2. The number of rotatable bonds is 14. The van der Waals surface area contributed by atoms with Crippen LogP contribution < -0.4 is 0 Å². The summed E-state index contributed by atoms with van der Waals surface area (Å²) in [5.41, 5.74) is 1.14. The predicted molar refractivity (Wildman–Crippen MR) is 94.4 cm³/mol. The molecule has 0 saturated heterocycles. The van der Waals surface area contributed by atoms with Crippen molar-refractivity contribution in [3.63, 3.8) is 0 Å². The van der Waals surface area contributed by atoms with Crippen molar-refractivity contribution in [1.29, 1.82) is 0 Å². The van der Waals surface area contributed by atoms with E-state index in [9.17, 15) is 9.59 Å². The lowest BCUT2D eigenvalue weighted by molar-refractivity contribution is -0.137. The first-order valence-corrected chi connectivity index (χ1v) is 8.66. The van der Waals surface area contributed by atoms with Gasteiger partial charge in [-0.25, -0.2) is 0 Å². The second-order valence-electron chi connectivity index (χ2n) is 5.54. The molecule has 0 unspecified atom stereocenters. The van der Waals surface area contributed by atoms with E-state index in [-0.39, 0.29) is 18.4 Å². The summed E-state index contributed by atoms with van der Waals surface area (Å²) in [7, 11) is 0. The third kappa shape index (κ3) is 7.88. The minimum absolute atomic E-state index is 0.261. The van der Waals surface area contributed by atoms with Gasteiger partial charge in [0.2, 0.25) is 0 Å². The largest absolute Gasteiger partial charge is 0.377 e. The van der Waals surface area contributed by atoms with Gasteiger partial charge in [0.25, 0.3) is 11.8 Å². The molecule has 0 atom stereocenters. The maximum Gasteiger partial charge on any atom is 0.253 e. The molecule has 0 aliphatic carbocycles. The van der Waals surface area contributed by atoms with Gasteiger partial charge in [0.05, 0.1) is 59.4 Å². The van der Waals surface area contributed by atoms with Crippen molar-refractivity contribution < 1.29 is 28.5 Å². The molecule has 1 heterocycles. The monoisotopic (exact) mass is 363 g/mol. The van der Waals surface area contributed by atoms with Crippen molar-refractivity contribution in [2.45, 2.75) is 6.61 Å². The second-order valence-corrected chi connectivity index (χ2v) is 5.54. The highest BCUT2D eigenvalue weighted by molar-refractivity contribution is 6.12. The lowest BCUT2D eigenvalue weighted by Gasteiger charge is -2.13. The van der Waals surface area contributed by atoms with Gasteiger partial charge in [-0.3, -0.25) is 14.5 Å². The molecule has 26 heavy (non-hydrogen) atoms. The first-order valence-electron chi connectivity index (χ1n) is 8.66. The molecule has 0 saturated carbocycles. The van der Waals surface area contributed by atoms with E-state index in [1.165, 1.54) is 12.2 Å². The van der Waals surface area contributed by atoms with Crippen LogP contribution in [0.5, 0.6) is 0 Å². The molecule has 0 N–H and O–H groups in total. The van der Waals surface area contributed by atoms with Crippen LogP contribution in [0.3, 0.4) is 0 Å². The molecule has 142 valence electrons. The minimum Gasteiger partial charge on any atom is -0.377 e. The average molecular weight is 363 g/mol. The smallest absolute Gasteiger partial charge is 0.253 e. The van der Waals surface area contributed by atoms with Crippen molar-refractivity contribution in [1.82, 2.24) is 4.90 Å². The molecule has 0 spiro atoms. The molecule has 0 fully saturated rings. The van der Waals surface area contributed by atoms with Crippen LogP contribution in [0.25, 0.3) is 0 Å². The fourth-order valence-corrected chi connectivity index (χ4v) is 2.23. The van der Waals surface area contributed by atoms with Crippen LogP contribution >= 0.6 is 0 Å². The molecule has 2 amide bonds. The summed E-state index contributed by atoms with van der Waals surface area (Å²) in [6.07, 6.45) is 2.52. The SMILES string of the molecule is O=C1C=CC(=O)N1CCOCCOCCOCCOCc1ccccc1. The molecule has 0 radical (unpaired) electrons. The number of carbonyl (C=O) groups excluding carboxylic acids is 2. The van der Waals surface area contributed by atoms with Gasteiger partial charge >= 0.3 is 0 Å². The highest BCUT2D eigenvalue weighted by Gasteiger charge is 2.22. The second kappa shape index (κ2) is 12.3. The molecular weight excluding hydrogens is 338 g/mol. The summed E-state index contributed by atoms with van der Waals surface area (Å²) in [5.74, 6) is -0.584. The molecular formula is C19H25NO6. The normalized spacial score (nSPS) is 13.8. The quantitative estimate of drug-likeness (QED) is 0.365. The predicted octanol–water partition coefficient (Wildman–Crippen LogP) is 1.18. The van der Waals surface area contributed by atoms with Crippen molar-refractivity contribution in [2.24, 2.45) is 0 Å². The summed E-state index contributed by atoms with van der Waals surface area (Å²) < 4.78 is 21.6. The Balaban J connectivity index is 1.31. The van der Waals surface area contributed by atoms with E-state index in [0.717, 1.165) is 10.5 Å². The molecule has 0 bridgehead atoms. The fraction of sp³-hybridized carbons (Fsp3) is 0.474. The van der Waals surface area contributed by atoms with E-state index >= 15 is 0 Å². The molecule has 1 aliphatic rings. The first kappa shape index (κ1) is 20.3. The minimum atomic E-state index is -0.292. The van der Waals surface area contributed by atoms with Gasteiger partial charge in [0.15, 0.2) is 0 Å². The molecule has 0 aromatic heterocycles. The summed E-state index contributed by atoms with van der Waals surface area (Å²) in [5, 5.41) is 0. The van der Waals surface area contributed by atoms with E-state index in [0.29, 0.717) is 52.9 Å². The third-order valence-electron chi connectivity index (χ3n) is 3.59. The number of imide groups is 1. The number of nitrogens with zero attached hydrogens (tertiary/aromatic N) is 1. The Hall–Kier alpha value is -2.06. The van der Waals surface area contributed by atoms with Crippen LogP contribution in [0, 0.1) is 0 Å². The van der Waals surface area contributed by atoms with E-state index in [1.54, 1.807) is 0 Å². The van der Waals surface area contributed by atoms with Crippen molar-refractivity contribution in [3.8, 4) is 0 Å². The van der Waals surface area contributed by atoms with E-state index in [4.69, 9.17) is 18.9 Å². The number of carbonyl (C=O) groups is 2. The Morgan fingerprint density at radius 3 is 1.73 bits per heavy atom. The van der Waals surface area contributed by atoms with E-state index < -0.39 is 0 Å². The zero-order chi connectivity index (χ0) is 18.5. The Bertz CT molecular complexity index is 557. The topological polar surface area (TPSA) is 74.3 Å². The summed E-state index contributed by atoms with van der Waals surface area (Å²) >= 11 is 0. The molecule has 2 rings (SSSR count). The van der Waals surface area contributed by atoms with Gasteiger partial charge in [-0.1, -0.05) is 30.3 Å². The molecule has 1 aromatic rings. The number of ether oxygens (including phenoxy) is 4. The zero-order valence-corrected chi connectivity index (χ0v) is 14.8. The summed E-state index contributed by atoms with van der Waals surface area (Å²) in [4.78, 5) is 23.8. The van der Waals surface area contributed by atoms with Crippen molar-refractivity contribution >= 4 is 11.8 Å². The average Bonchev–Trinajstić information content (AvgIpc) is 2.98. The molecule has 7 heteroatoms. The van der Waals surface area contributed by atoms with Crippen LogP contribution in [0.2, 0.25) is 0 Å². The van der Waals surface area contributed by atoms with E-state index in [1.807, 2.05) is 30.3 Å². The van der Waals surface area contributed by atoms with Gasteiger partial charge in [0.1, 0.15) is 0 Å². The molecule has 1 aromatic carbocycles.